The highest BCUT2D eigenvalue weighted by atomic mass is 16.1. The van der Waals surface area contributed by atoms with Gasteiger partial charge in [0.15, 0.2) is 0 Å². The summed E-state index contributed by atoms with van der Waals surface area (Å²) in [4.78, 5) is 11.3. The highest BCUT2D eigenvalue weighted by molar-refractivity contribution is 5.97. The molecule has 0 fully saturated rings. The molecule has 68 valence electrons. The van der Waals surface area contributed by atoms with Crippen LogP contribution in [-0.2, 0) is 0 Å². The van der Waals surface area contributed by atoms with Crippen LogP contribution in [0.4, 0.5) is 5.69 Å². The molecule has 0 radical (unpaired) electrons. The molecule has 4 N–H and O–H groups in total. The van der Waals surface area contributed by atoms with Crippen LogP contribution in [-0.4, -0.2) is 22.6 Å². The molecular weight excluding hydrogens is 168 g/mol. The van der Waals surface area contributed by atoms with Gasteiger partial charge in [-0.05, 0) is 6.92 Å². The Kier molecular flexibility index (Phi) is 2.92. The smallest absolute Gasteiger partial charge is 0.272 e. The Labute approximate surface area is 75.7 Å². The number of amides is 1. The second kappa shape index (κ2) is 4.16. The molecule has 5 heteroatoms. The number of aromatic nitrogens is 2. The number of nitrogens with zero attached hydrogens (tertiary/aromatic N) is 1. The number of H-pyrrole nitrogens is 1. The first-order valence-corrected chi connectivity index (χ1v) is 3.72. The van der Waals surface area contributed by atoms with E-state index in [0.717, 1.165) is 0 Å². The van der Waals surface area contributed by atoms with Gasteiger partial charge in [-0.15, -0.1) is 5.92 Å². The summed E-state index contributed by atoms with van der Waals surface area (Å²) < 4.78 is 0. The molecule has 0 unspecified atom stereocenters. The number of carbonyl (C=O) groups is 1. The number of hydrogen-bond donors (Lipinski definition) is 3. The van der Waals surface area contributed by atoms with E-state index in [9.17, 15) is 4.79 Å². The van der Waals surface area contributed by atoms with Crippen molar-refractivity contribution in [3.63, 3.8) is 0 Å². The van der Waals surface area contributed by atoms with E-state index >= 15 is 0 Å². The first-order chi connectivity index (χ1) is 6.25. The normalized spacial score (nSPS) is 8.69. The van der Waals surface area contributed by atoms with Crippen LogP contribution in [0, 0.1) is 11.8 Å². The molecule has 1 aromatic rings. The minimum atomic E-state index is -0.294. The van der Waals surface area contributed by atoms with Crippen LogP contribution >= 0.6 is 0 Å². The first kappa shape index (κ1) is 9.13. The van der Waals surface area contributed by atoms with E-state index in [2.05, 4.69) is 27.4 Å². The molecule has 0 aliphatic rings. The maximum Gasteiger partial charge on any atom is 0.272 e. The van der Waals surface area contributed by atoms with Crippen LogP contribution in [0.1, 0.15) is 17.4 Å². The summed E-state index contributed by atoms with van der Waals surface area (Å²) in [6, 6.07) is 0. The van der Waals surface area contributed by atoms with Gasteiger partial charge in [0.25, 0.3) is 5.91 Å². The molecule has 0 spiro atoms. The zero-order chi connectivity index (χ0) is 9.68. The number of rotatable bonds is 2. The van der Waals surface area contributed by atoms with Crippen molar-refractivity contribution in [2.75, 3.05) is 12.3 Å². The highest BCUT2D eigenvalue weighted by Gasteiger charge is 2.09. The standard InChI is InChI=1S/C8H10N4O/c1-2-3-4-10-8(13)7-6(9)5-11-12-7/h5H,4,9H2,1H3,(H,10,13)(H,11,12). The Bertz CT molecular complexity index is 358. The molecule has 0 saturated carbocycles. The average Bonchev–Trinajstić information content (AvgIpc) is 2.52. The summed E-state index contributed by atoms with van der Waals surface area (Å²) >= 11 is 0. The lowest BCUT2D eigenvalue weighted by atomic mass is 10.3. The van der Waals surface area contributed by atoms with Crippen LogP contribution in [0.3, 0.4) is 0 Å². The van der Waals surface area contributed by atoms with Crippen LogP contribution in [0.15, 0.2) is 6.20 Å². The molecule has 5 nitrogen and oxygen atoms in total. The third kappa shape index (κ3) is 2.24. The molecule has 0 atom stereocenters. The number of carbonyl (C=O) groups excluding carboxylic acids is 1. The number of hydrogen-bond acceptors (Lipinski definition) is 3. The number of nitrogen functional groups attached to an aromatic ring is 1. The fourth-order valence-electron chi connectivity index (χ4n) is 0.779. The van der Waals surface area contributed by atoms with Crippen molar-refractivity contribution in [1.29, 1.82) is 0 Å². The van der Waals surface area contributed by atoms with Gasteiger partial charge in [0.2, 0.25) is 0 Å². The van der Waals surface area contributed by atoms with E-state index in [4.69, 9.17) is 5.73 Å². The van der Waals surface area contributed by atoms with Crippen LogP contribution in [0.2, 0.25) is 0 Å². The van der Waals surface area contributed by atoms with Crippen molar-refractivity contribution in [3.05, 3.63) is 11.9 Å². The van der Waals surface area contributed by atoms with Crippen LogP contribution < -0.4 is 11.1 Å². The molecule has 0 aliphatic heterocycles. The number of aromatic amines is 1. The lowest BCUT2D eigenvalue weighted by molar-refractivity contribution is 0.0954. The molecule has 0 aliphatic carbocycles. The number of nitrogens with one attached hydrogen (secondary N) is 2. The minimum absolute atomic E-state index is 0.276. The monoisotopic (exact) mass is 178 g/mol. The zero-order valence-electron chi connectivity index (χ0n) is 7.22. The largest absolute Gasteiger partial charge is 0.396 e. The van der Waals surface area contributed by atoms with Gasteiger partial charge in [0.1, 0.15) is 5.69 Å². The lowest BCUT2D eigenvalue weighted by Gasteiger charge is -1.98. The molecule has 1 amide bonds. The quantitative estimate of drug-likeness (QED) is 0.546. The zero-order valence-corrected chi connectivity index (χ0v) is 7.22. The van der Waals surface area contributed by atoms with Gasteiger partial charge < -0.3 is 11.1 Å². The lowest BCUT2D eigenvalue weighted by Crippen LogP contribution is -2.24. The molecule has 1 heterocycles. The van der Waals surface area contributed by atoms with Crippen molar-refractivity contribution in [1.82, 2.24) is 15.5 Å². The van der Waals surface area contributed by atoms with Gasteiger partial charge >= 0.3 is 0 Å². The maximum atomic E-state index is 11.3. The van der Waals surface area contributed by atoms with Gasteiger partial charge in [0.05, 0.1) is 18.4 Å². The van der Waals surface area contributed by atoms with Crippen LogP contribution in [0.25, 0.3) is 0 Å². The Morgan fingerprint density at radius 3 is 3.15 bits per heavy atom. The Morgan fingerprint density at radius 2 is 2.62 bits per heavy atom. The Hall–Kier alpha value is -1.96. The van der Waals surface area contributed by atoms with E-state index in [0.29, 0.717) is 12.2 Å². The SMILES string of the molecule is CC#CCNC(=O)c1[nH]ncc1N. The van der Waals surface area contributed by atoms with E-state index in [1.807, 2.05) is 0 Å². The predicted octanol–water partition coefficient (Wildman–Crippen LogP) is -0.255. The Morgan fingerprint density at radius 1 is 1.85 bits per heavy atom. The van der Waals surface area contributed by atoms with Crippen LogP contribution in [0.5, 0.6) is 0 Å². The third-order valence-electron chi connectivity index (χ3n) is 1.41. The fourth-order valence-corrected chi connectivity index (χ4v) is 0.779. The molecule has 0 aromatic carbocycles. The fraction of sp³-hybridized carbons (Fsp3) is 0.250. The van der Waals surface area contributed by atoms with E-state index in [1.54, 1.807) is 6.92 Å². The maximum absolute atomic E-state index is 11.3. The molecule has 1 aromatic heterocycles. The van der Waals surface area contributed by atoms with Gasteiger partial charge in [-0.3, -0.25) is 9.89 Å². The summed E-state index contributed by atoms with van der Waals surface area (Å²) in [6.45, 7) is 2.02. The topological polar surface area (TPSA) is 83.8 Å². The van der Waals surface area contributed by atoms with Gasteiger partial charge in [-0.2, -0.15) is 5.10 Å². The van der Waals surface area contributed by atoms with E-state index in [1.165, 1.54) is 6.20 Å². The number of nitrogens with two attached hydrogens (primary N) is 1. The first-order valence-electron chi connectivity index (χ1n) is 3.72. The molecule has 13 heavy (non-hydrogen) atoms. The second-order valence-electron chi connectivity index (χ2n) is 2.31. The average molecular weight is 178 g/mol. The summed E-state index contributed by atoms with van der Waals surface area (Å²) in [6.07, 6.45) is 1.39. The summed E-state index contributed by atoms with van der Waals surface area (Å²) in [5, 5.41) is 8.68. The van der Waals surface area contributed by atoms with Gasteiger partial charge in [0, 0.05) is 0 Å². The second-order valence-corrected chi connectivity index (χ2v) is 2.31. The molecule has 0 bridgehead atoms. The summed E-state index contributed by atoms with van der Waals surface area (Å²) in [7, 11) is 0. The predicted molar refractivity (Wildman–Crippen MR) is 48.8 cm³/mol. The molecular formula is C8H10N4O. The third-order valence-corrected chi connectivity index (χ3v) is 1.41. The summed E-state index contributed by atoms with van der Waals surface area (Å²) in [5.41, 5.74) is 6.07. The van der Waals surface area contributed by atoms with Crippen molar-refractivity contribution in [3.8, 4) is 11.8 Å². The van der Waals surface area contributed by atoms with Crippen molar-refractivity contribution in [2.45, 2.75) is 6.92 Å². The molecule has 0 saturated heterocycles. The Balaban J connectivity index is 2.57. The van der Waals surface area contributed by atoms with E-state index in [-0.39, 0.29) is 11.6 Å². The summed E-state index contributed by atoms with van der Waals surface area (Å²) in [5.74, 6) is 5.07. The van der Waals surface area contributed by atoms with Gasteiger partial charge in [-0.25, -0.2) is 0 Å². The number of anilines is 1. The minimum Gasteiger partial charge on any atom is -0.396 e. The van der Waals surface area contributed by atoms with Crippen molar-refractivity contribution < 1.29 is 4.79 Å². The van der Waals surface area contributed by atoms with Gasteiger partial charge in [-0.1, -0.05) is 5.92 Å². The van der Waals surface area contributed by atoms with Crippen molar-refractivity contribution >= 4 is 11.6 Å². The molecule has 1 rings (SSSR count). The van der Waals surface area contributed by atoms with E-state index < -0.39 is 0 Å². The van der Waals surface area contributed by atoms with Crippen molar-refractivity contribution in [2.24, 2.45) is 0 Å². The highest BCUT2D eigenvalue weighted by Crippen LogP contribution is 2.04.